The third-order valence-corrected chi connectivity index (χ3v) is 4.60. The van der Waals surface area contributed by atoms with E-state index in [1.807, 2.05) is 54.3 Å². The van der Waals surface area contributed by atoms with Gasteiger partial charge in [0.2, 0.25) is 5.84 Å². The van der Waals surface area contributed by atoms with Gasteiger partial charge in [-0.25, -0.2) is 9.79 Å². The molecule has 1 saturated heterocycles. The summed E-state index contributed by atoms with van der Waals surface area (Å²) in [6.07, 6.45) is -0.0933. The molecule has 26 heavy (non-hydrogen) atoms. The number of piperidine rings is 1. The number of aryl methyl sites for hydroxylation is 1. The first-order chi connectivity index (χ1) is 12.5. The summed E-state index contributed by atoms with van der Waals surface area (Å²) in [5, 5.41) is 19.1. The molecule has 1 aliphatic rings. The van der Waals surface area contributed by atoms with E-state index in [4.69, 9.17) is 10.8 Å². The normalized spacial score (nSPS) is 20.8. The van der Waals surface area contributed by atoms with Crippen LogP contribution in [0, 0.1) is 6.92 Å². The number of carboxylic acids is 1. The molecule has 0 radical (unpaired) electrons. The van der Waals surface area contributed by atoms with Crippen LogP contribution in [0.2, 0.25) is 0 Å². The summed E-state index contributed by atoms with van der Waals surface area (Å²) in [6.45, 7) is 2.61. The van der Waals surface area contributed by atoms with Gasteiger partial charge in [0.1, 0.15) is 6.17 Å². The molecule has 2 aromatic rings. The zero-order chi connectivity index (χ0) is 18.7. The van der Waals surface area contributed by atoms with Gasteiger partial charge in [-0.2, -0.15) is 0 Å². The number of aliphatic hydroxyl groups excluding tert-OH is 1. The summed E-state index contributed by atoms with van der Waals surface area (Å²) in [4.78, 5) is 17.3. The molecule has 1 fully saturated rings. The number of aliphatic carboxylic acids is 1. The van der Waals surface area contributed by atoms with Crippen LogP contribution in [0.3, 0.4) is 0 Å². The summed E-state index contributed by atoms with van der Waals surface area (Å²) < 4.78 is 0. The Bertz CT molecular complexity index is 820. The molecule has 6 heteroatoms. The summed E-state index contributed by atoms with van der Waals surface area (Å²) in [5.74, 6) is -1.69. The smallest absolute Gasteiger partial charge is 0.371 e. The van der Waals surface area contributed by atoms with Crippen LogP contribution in [0.5, 0.6) is 0 Å². The molecule has 0 amide bonds. The third-order valence-electron chi connectivity index (χ3n) is 4.60. The molecule has 2 atom stereocenters. The fraction of sp³-hybridized carbons (Fsp3) is 0.300. The molecular weight excluding hydrogens is 330 g/mol. The largest absolute Gasteiger partial charge is 0.475 e. The van der Waals surface area contributed by atoms with Gasteiger partial charge in [0.15, 0.2) is 0 Å². The number of carbonyl (C=O) groups is 1. The average molecular weight is 353 g/mol. The van der Waals surface area contributed by atoms with Gasteiger partial charge < -0.3 is 20.8 Å². The lowest BCUT2D eigenvalue weighted by molar-refractivity contribution is -0.129. The van der Waals surface area contributed by atoms with Gasteiger partial charge in [-0.1, -0.05) is 42.0 Å². The van der Waals surface area contributed by atoms with E-state index in [0.717, 1.165) is 22.4 Å². The van der Waals surface area contributed by atoms with E-state index >= 15 is 0 Å². The maximum atomic E-state index is 11.1. The predicted octanol–water partition coefficient (Wildman–Crippen LogP) is 2.39. The first-order valence-electron chi connectivity index (χ1n) is 8.63. The number of benzene rings is 2. The van der Waals surface area contributed by atoms with Crippen LogP contribution < -0.4 is 10.6 Å². The molecule has 4 N–H and O–H groups in total. The second-order valence-corrected chi connectivity index (χ2v) is 6.56. The van der Waals surface area contributed by atoms with E-state index in [1.165, 1.54) is 0 Å². The topological polar surface area (TPSA) is 99.1 Å². The molecule has 0 bridgehead atoms. The van der Waals surface area contributed by atoms with Gasteiger partial charge in [-0.05, 0) is 31.0 Å². The van der Waals surface area contributed by atoms with E-state index in [1.54, 1.807) is 0 Å². The Hall–Kier alpha value is -2.86. The van der Waals surface area contributed by atoms with Crippen LogP contribution in [0.25, 0.3) is 11.1 Å². The first-order valence-corrected chi connectivity index (χ1v) is 8.63. The van der Waals surface area contributed by atoms with Gasteiger partial charge in [-0.15, -0.1) is 0 Å². The van der Waals surface area contributed by atoms with Crippen LogP contribution in [-0.2, 0) is 4.79 Å². The number of aliphatic imine (C=N–C) groups is 1. The lowest BCUT2D eigenvalue weighted by atomic mass is 9.97. The van der Waals surface area contributed by atoms with Crippen molar-refractivity contribution in [1.82, 2.24) is 0 Å². The quantitative estimate of drug-likeness (QED) is 0.581. The zero-order valence-corrected chi connectivity index (χ0v) is 14.7. The molecule has 6 nitrogen and oxygen atoms in total. The van der Waals surface area contributed by atoms with E-state index in [9.17, 15) is 9.90 Å². The molecule has 1 heterocycles. The lowest BCUT2D eigenvalue weighted by Gasteiger charge is -2.38. The number of rotatable bonds is 3. The second-order valence-electron chi connectivity index (χ2n) is 6.56. The molecule has 0 aromatic heterocycles. The minimum Gasteiger partial charge on any atom is -0.475 e. The van der Waals surface area contributed by atoms with Crippen molar-refractivity contribution in [3.05, 3.63) is 54.1 Å². The van der Waals surface area contributed by atoms with Crippen molar-refractivity contribution in [1.29, 1.82) is 0 Å². The van der Waals surface area contributed by atoms with Crippen molar-refractivity contribution in [3.63, 3.8) is 0 Å². The number of amidine groups is 1. The standard InChI is InChI=1S/C20H23N3O3/c1-13-7-8-17(16(11-13)14-5-3-2-4-6-14)23-10-9-15(24)12-18(23)22-19(21)20(25)26/h2-8,11,15,18,24H,9-10,12H2,1H3,(H2,21,22)(H,25,26). The Morgan fingerprint density at radius 2 is 1.96 bits per heavy atom. The lowest BCUT2D eigenvalue weighted by Crippen LogP contribution is -2.45. The fourth-order valence-electron chi connectivity index (χ4n) is 3.29. The number of nitrogens with two attached hydrogens (primary N) is 1. The van der Waals surface area contributed by atoms with E-state index in [0.29, 0.717) is 19.4 Å². The Morgan fingerprint density at radius 3 is 2.65 bits per heavy atom. The van der Waals surface area contributed by atoms with Crippen LogP contribution in [0.4, 0.5) is 5.69 Å². The summed E-state index contributed by atoms with van der Waals surface area (Å²) in [7, 11) is 0. The number of aliphatic hydroxyl groups is 1. The Morgan fingerprint density at radius 1 is 1.23 bits per heavy atom. The molecule has 0 aliphatic carbocycles. The molecule has 3 rings (SSSR count). The highest BCUT2D eigenvalue weighted by atomic mass is 16.4. The predicted molar refractivity (Wildman–Crippen MR) is 102 cm³/mol. The number of anilines is 1. The molecule has 0 spiro atoms. The van der Waals surface area contributed by atoms with Gasteiger partial charge in [-0.3, -0.25) is 0 Å². The van der Waals surface area contributed by atoms with Gasteiger partial charge in [0.25, 0.3) is 0 Å². The number of carboxylic acid groups (broad SMARTS) is 1. The van der Waals surface area contributed by atoms with Crippen LogP contribution in [-0.4, -0.2) is 40.8 Å². The molecule has 2 aromatic carbocycles. The summed E-state index contributed by atoms with van der Waals surface area (Å²) in [5.41, 5.74) is 9.77. The van der Waals surface area contributed by atoms with E-state index < -0.39 is 24.1 Å². The van der Waals surface area contributed by atoms with Crippen LogP contribution in [0.15, 0.2) is 53.5 Å². The SMILES string of the molecule is Cc1ccc(N2CCC(O)CC2/N=C(\N)C(=O)O)c(-c2ccccc2)c1. The van der Waals surface area contributed by atoms with Gasteiger partial charge in [0, 0.05) is 24.2 Å². The van der Waals surface area contributed by atoms with Crippen molar-refractivity contribution < 1.29 is 15.0 Å². The van der Waals surface area contributed by atoms with Crippen LogP contribution >= 0.6 is 0 Å². The van der Waals surface area contributed by atoms with Crippen molar-refractivity contribution in [3.8, 4) is 11.1 Å². The monoisotopic (exact) mass is 353 g/mol. The average Bonchev–Trinajstić information content (AvgIpc) is 2.63. The Kier molecular flexibility index (Phi) is 5.23. The van der Waals surface area contributed by atoms with Gasteiger partial charge in [0.05, 0.1) is 6.10 Å². The first kappa shape index (κ1) is 17.9. The fourth-order valence-corrected chi connectivity index (χ4v) is 3.29. The number of hydrogen-bond donors (Lipinski definition) is 3. The molecule has 2 unspecified atom stereocenters. The zero-order valence-electron chi connectivity index (χ0n) is 14.7. The second kappa shape index (κ2) is 7.58. The Balaban J connectivity index is 2.06. The molecule has 0 saturated carbocycles. The summed E-state index contributed by atoms with van der Waals surface area (Å²) >= 11 is 0. The van der Waals surface area contributed by atoms with E-state index in [-0.39, 0.29) is 0 Å². The van der Waals surface area contributed by atoms with Crippen LogP contribution in [0.1, 0.15) is 18.4 Å². The van der Waals surface area contributed by atoms with Crippen molar-refractivity contribution in [2.24, 2.45) is 10.7 Å². The maximum Gasteiger partial charge on any atom is 0.371 e. The third kappa shape index (κ3) is 3.86. The number of nitrogens with zero attached hydrogens (tertiary/aromatic N) is 2. The number of hydrogen-bond acceptors (Lipinski definition) is 4. The van der Waals surface area contributed by atoms with Gasteiger partial charge >= 0.3 is 5.97 Å². The maximum absolute atomic E-state index is 11.1. The minimum absolute atomic E-state index is 0.343. The molecular formula is C20H23N3O3. The van der Waals surface area contributed by atoms with Crippen molar-refractivity contribution in [2.75, 3.05) is 11.4 Å². The minimum atomic E-state index is -1.25. The molecule has 1 aliphatic heterocycles. The Labute approximate surface area is 152 Å². The highest BCUT2D eigenvalue weighted by molar-refractivity contribution is 6.33. The van der Waals surface area contributed by atoms with Crippen molar-refractivity contribution >= 4 is 17.5 Å². The van der Waals surface area contributed by atoms with Crippen molar-refractivity contribution in [2.45, 2.75) is 32.0 Å². The molecule has 136 valence electrons. The highest BCUT2D eigenvalue weighted by Gasteiger charge is 2.29. The highest BCUT2D eigenvalue weighted by Crippen LogP contribution is 2.35. The van der Waals surface area contributed by atoms with E-state index in [2.05, 4.69) is 11.1 Å². The summed E-state index contributed by atoms with van der Waals surface area (Å²) in [6, 6.07) is 16.2.